The molecule has 5 heteroatoms. The van der Waals surface area contributed by atoms with Gasteiger partial charge in [-0.05, 0) is 41.5 Å². The highest BCUT2D eigenvalue weighted by Crippen LogP contribution is 2.25. The highest BCUT2D eigenvalue weighted by atomic mass is 16.5. The van der Waals surface area contributed by atoms with E-state index in [-0.39, 0.29) is 12.4 Å². The molecule has 2 aromatic carbocycles. The Morgan fingerprint density at radius 3 is 2.50 bits per heavy atom. The zero-order valence-corrected chi connectivity index (χ0v) is 11.0. The number of aliphatic hydroxyl groups excluding tert-OH is 2. The normalized spacial score (nSPS) is 13.9. The Labute approximate surface area is 116 Å². The number of ether oxygens (including phenoxy) is 1. The van der Waals surface area contributed by atoms with Gasteiger partial charge in [-0.1, -0.05) is 18.2 Å². The Balaban J connectivity index is 2.28. The number of carbonyl (C=O) groups excluding carboxylic acids is 1. The van der Waals surface area contributed by atoms with Gasteiger partial charge in [0.2, 0.25) is 0 Å². The minimum atomic E-state index is -1.62. The Morgan fingerprint density at radius 2 is 1.80 bits per heavy atom. The molecule has 2 aromatic rings. The number of phenols is 1. The SMILES string of the molecule is CCOC(=O)C(O)C(O)c1ccc2cc(O)ccc2c1. The first-order valence-electron chi connectivity index (χ1n) is 6.28. The fraction of sp³-hybridized carbons (Fsp3) is 0.267. The van der Waals surface area contributed by atoms with Crippen molar-refractivity contribution < 1.29 is 24.9 Å². The molecule has 2 atom stereocenters. The maximum atomic E-state index is 11.4. The van der Waals surface area contributed by atoms with Gasteiger partial charge in [-0.25, -0.2) is 4.79 Å². The number of benzene rings is 2. The average Bonchev–Trinajstić information content (AvgIpc) is 2.45. The number of rotatable bonds is 4. The first kappa shape index (κ1) is 14.3. The van der Waals surface area contributed by atoms with Crippen molar-refractivity contribution in [3.63, 3.8) is 0 Å². The standard InChI is InChI=1S/C15H16O5/c1-2-20-15(19)14(18)13(17)11-4-3-10-8-12(16)6-5-9(10)7-11/h3-8,13-14,16-18H,2H2,1H3. The zero-order valence-electron chi connectivity index (χ0n) is 11.0. The molecule has 0 saturated heterocycles. The van der Waals surface area contributed by atoms with Gasteiger partial charge in [0.25, 0.3) is 0 Å². The Morgan fingerprint density at radius 1 is 1.15 bits per heavy atom. The third-order valence-electron chi connectivity index (χ3n) is 3.02. The van der Waals surface area contributed by atoms with E-state index in [0.29, 0.717) is 5.56 Å². The van der Waals surface area contributed by atoms with Gasteiger partial charge in [0.05, 0.1) is 6.61 Å². The van der Waals surface area contributed by atoms with Crippen LogP contribution in [0.2, 0.25) is 0 Å². The second-order valence-electron chi connectivity index (χ2n) is 4.43. The van der Waals surface area contributed by atoms with Crippen LogP contribution in [0.25, 0.3) is 10.8 Å². The Hall–Kier alpha value is -2.11. The molecule has 0 fully saturated rings. The van der Waals surface area contributed by atoms with Gasteiger partial charge < -0.3 is 20.1 Å². The molecule has 0 bridgehead atoms. The van der Waals surface area contributed by atoms with E-state index in [1.54, 1.807) is 37.3 Å². The fourth-order valence-electron chi connectivity index (χ4n) is 1.97. The van der Waals surface area contributed by atoms with Crippen LogP contribution in [-0.4, -0.2) is 34.0 Å². The molecule has 0 aromatic heterocycles. The summed E-state index contributed by atoms with van der Waals surface area (Å²) in [6.45, 7) is 1.76. The molecule has 0 amide bonds. The number of carbonyl (C=O) groups is 1. The summed E-state index contributed by atoms with van der Waals surface area (Å²) >= 11 is 0. The smallest absolute Gasteiger partial charge is 0.338 e. The molecule has 0 radical (unpaired) electrons. The molecule has 0 heterocycles. The van der Waals surface area contributed by atoms with Crippen LogP contribution >= 0.6 is 0 Å². The number of hydrogen-bond acceptors (Lipinski definition) is 5. The lowest BCUT2D eigenvalue weighted by Gasteiger charge is -2.17. The van der Waals surface area contributed by atoms with Gasteiger partial charge in [0.15, 0.2) is 6.10 Å². The molecule has 20 heavy (non-hydrogen) atoms. The minimum absolute atomic E-state index is 0.139. The lowest BCUT2D eigenvalue weighted by molar-refractivity contribution is -0.159. The summed E-state index contributed by atoms with van der Waals surface area (Å²) in [7, 11) is 0. The minimum Gasteiger partial charge on any atom is -0.508 e. The second-order valence-corrected chi connectivity index (χ2v) is 4.43. The maximum Gasteiger partial charge on any atom is 0.338 e. The van der Waals surface area contributed by atoms with Crippen LogP contribution in [0.4, 0.5) is 0 Å². The zero-order chi connectivity index (χ0) is 14.7. The van der Waals surface area contributed by atoms with E-state index in [1.165, 1.54) is 6.07 Å². The van der Waals surface area contributed by atoms with E-state index < -0.39 is 18.2 Å². The number of phenolic OH excluding ortho intramolecular Hbond substituents is 1. The van der Waals surface area contributed by atoms with Crippen LogP contribution in [0, 0.1) is 0 Å². The van der Waals surface area contributed by atoms with Gasteiger partial charge in [-0.3, -0.25) is 0 Å². The van der Waals surface area contributed by atoms with Crippen molar-refractivity contribution in [1.82, 2.24) is 0 Å². The maximum absolute atomic E-state index is 11.4. The van der Waals surface area contributed by atoms with Gasteiger partial charge in [0.1, 0.15) is 11.9 Å². The number of aromatic hydroxyl groups is 1. The monoisotopic (exact) mass is 276 g/mol. The predicted octanol–water partition coefficient (Wildman–Crippen LogP) is 1.50. The molecule has 0 aliphatic heterocycles. The molecule has 2 rings (SSSR count). The van der Waals surface area contributed by atoms with Crippen LogP contribution in [0.15, 0.2) is 36.4 Å². The van der Waals surface area contributed by atoms with Crippen molar-refractivity contribution in [2.24, 2.45) is 0 Å². The largest absolute Gasteiger partial charge is 0.508 e. The number of fused-ring (bicyclic) bond motifs is 1. The summed E-state index contributed by atoms with van der Waals surface area (Å²) < 4.78 is 4.67. The van der Waals surface area contributed by atoms with E-state index in [1.807, 2.05) is 0 Å². The van der Waals surface area contributed by atoms with Gasteiger partial charge in [0, 0.05) is 0 Å². The second kappa shape index (κ2) is 5.90. The quantitative estimate of drug-likeness (QED) is 0.737. The first-order valence-corrected chi connectivity index (χ1v) is 6.28. The van der Waals surface area contributed by atoms with Crippen LogP contribution in [0.5, 0.6) is 5.75 Å². The highest BCUT2D eigenvalue weighted by molar-refractivity contribution is 5.85. The molecule has 3 N–H and O–H groups in total. The third kappa shape index (κ3) is 2.89. The summed E-state index contributed by atoms with van der Waals surface area (Å²) in [5.74, 6) is -0.705. The van der Waals surface area contributed by atoms with Crippen molar-refractivity contribution in [2.45, 2.75) is 19.1 Å². The molecule has 106 valence electrons. The highest BCUT2D eigenvalue weighted by Gasteiger charge is 2.26. The van der Waals surface area contributed by atoms with Crippen LogP contribution in [0.3, 0.4) is 0 Å². The lowest BCUT2D eigenvalue weighted by Crippen LogP contribution is -2.29. The van der Waals surface area contributed by atoms with Crippen molar-refractivity contribution in [3.8, 4) is 5.75 Å². The number of esters is 1. The fourth-order valence-corrected chi connectivity index (χ4v) is 1.97. The first-order chi connectivity index (χ1) is 9.52. The average molecular weight is 276 g/mol. The summed E-state index contributed by atoms with van der Waals surface area (Å²) in [5, 5.41) is 30.7. The molecule has 0 spiro atoms. The summed E-state index contributed by atoms with van der Waals surface area (Å²) in [6, 6.07) is 9.76. The van der Waals surface area contributed by atoms with E-state index in [2.05, 4.69) is 4.74 Å². The van der Waals surface area contributed by atoms with E-state index in [9.17, 15) is 20.1 Å². The molecule has 0 aliphatic carbocycles. The van der Waals surface area contributed by atoms with Gasteiger partial charge >= 0.3 is 5.97 Å². The number of aliphatic hydroxyl groups is 2. The topological polar surface area (TPSA) is 87.0 Å². The molecule has 0 saturated carbocycles. The van der Waals surface area contributed by atoms with Crippen LogP contribution in [-0.2, 0) is 9.53 Å². The molecular weight excluding hydrogens is 260 g/mol. The van der Waals surface area contributed by atoms with Crippen LogP contribution in [0.1, 0.15) is 18.6 Å². The molecule has 2 unspecified atom stereocenters. The number of hydrogen-bond donors (Lipinski definition) is 3. The third-order valence-corrected chi connectivity index (χ3v) is 3.02. The van der Waals surface area contributed by atoms with Gasteiger partial charge in [-0.2, -0.15) is 0 Å². The molecular formula is C15H16O5. The van der Waals surface area contributed by atoms with E-state index >= 15 is 0 Å². The Bertz CT molecular complexity index is 623. The van der Waals surface area contributed by atoms with Gasteiger partial charge in [-0.15, -0.1) is 0 Å². The summed E-state index contributed by atoms with van der Waals surface area (Å²) in [5.41, 5.74) is 0.406. The predicted molar refractivity (Wildman–Crippen MR) is 73.2 cm³/mol. The van der Waals surface area contributed by atoms with Crippen LogP contribution < -0.4 is 0 Å². The Kier molecular flexibility index (Phi) is 4.22. The molecule has 0 aliphatic rings. The summed E-state index contributed by atoms with van der Waals surface area (Å²) in [6.07, 6.45) is -2.98. The van der Waals surface area contributed by atoms with Crippen molar-refractivity contribution in [1.29, 1.82) is 0 Å². The van der Waals surface area contributed by atoms with E-state index in [4.69, 9.17) is 0 Å². The van der Waals surface area contributed by atoms with Crippen molar-refractivity contribution in [3.05, 3.63) is 42.0 Å². The lowest BCUT2D eigenvalue weighted by atomic mass is 10.0. The van der Waals surface area contributed by atoms with E-state index in [0.717, 1.165) is 10.8 Å². The summed E-state index contributed by atoms with van der Waals surface area (Å²) in [4.78, 5) is 11.4. The molecule has 5 nitrogen and oxygen atoms in total. The van der Waals surface area contributed by atoms with Crippen molar-refractivity contribution in [2.75, 3.05) is 6.61 Å². The van der Waals surface area contributed by atoms with Crippen molar-refractivity contribution >= 4 is 16.7 Å².